The summed E-state index contributed by atoms with van der Waals surface area (Å²) in [5, 5.41) is 2.83. The summed E-state index contributed by atoms with van der Waals surface area (Å²) in [5.74, 6) is -2.68. The quantitative estimate of drug-likeness (QED) is 0.856. The SMILES string of the molecule is CC.COCC(C)(C)C(=O)NC1CCC(F)(F)CC1. The van der Waals surface area contributed by atoms with Gasteiger partial charge in [0.2, 0.25) is 11.8 Å². The highest BCUT2D eigenvalue weighted by Crippen LogP contribution is 2.33. The van der Waals surface area contributed by atoms with Gasteiger partial charge in [0.1, 0.15) is 0 Å². The van der Waals surface area contributed by atoms with Crippen LogP contribution in [0.3, 0.4) is 0 Å². The topological polar surface area (TPSA) is 38.3 Å². The molecule has 19 heavy (non-hydrogen) atoms. The van der Waals surface area contributed by atoms with Crippen LogP contribution in [0.1, 0.15) is 53.4 Å². The van der Waals surface area contributed by atoms with Gasteiger partial charge in [0, 0.05) is 26.0 Å². The molecule has 0 radical (unpaired) electrons. The molecule has 0 saturated heterocycles. The summed E-state index contributed by atoms with van der Waals surface area (Å²) in [5.41, 5.74) is -0.616. The average molecular weight is 279 g/mol. The number of nitrogens with one attached hydrogen (secondary N) is 1. The van der Waals surface area contributed by atoms with Crippen LogP contribution in [-0.4, -0.2) is 31.6 Å². The molecule has 1 aliphatic rings. The van der Waals surface area contributed by atoms with Crippen molar-refractivity contribution < 1.29 is 18.3 Å². The maximum absolute atomic E-state index is 12.9. The minimum atomic E-state index is -2.55. The number of rotatable bonds is 4. The van der Waals surface area contributed by atoms with Gasteiger partial charge in [-0.1, -0.05) is 13.8 Å². The molecule has 0 aromatic rings. The lowest BCUT2D eigenvalue weighted by atomic mass is 9.89. The standard InChI is InChI=1S/C12H21F2NO2.C2H6/c1-11(2,8-17-3)10(16)15-9-4-6-12(13,14)7-5-9;1-2/h9H,4-8H2,1-3H3,(H,15,16);1-2H3. The second-order valence-corrected chi connectivity index (χ2v) is 5.42. The molecule has 1 amide bonds. The van der Waals surface area contributed by atoms with E-state index in [0.717, 1.165) is 0 Å². The maximum Gasteiger partial charge on any atom is 0.248 e. The fraction of sp³-hybridized carbons (Fsp3) is 0.929. The first-order chi connectivity index (χ1) is 8.77. The van der Waals surface area contributed by atoms with Crippen molar-refractivity contribution in [1.82, 2.24) is 5.32 Å². The third-order valence-corrected chi connectivity index (χ3v) is 3.17. The van der Waals surface area contributed by atoms with Crippen molar-refractivity contribution in [3.63, 3.8) is 0 Å². The Bertz CT molecular complexity index is 271. The Labute approximate surface area is 115 Å². The van der Waals surface area contributed by atoms with Crippen LogP contribution in [0.2, 0.25) is 0 Å². The molecule has 114 valence electrons. The van der Waals surface area contributed by atoms with E-state index in [4.69, 9.17) is 4.74 Å². The van der Waals surface area contributed by atoms with E-state index in [-0.39, 0.29) is 24.8 Å². The zero-order valence-corrected chi connectivity index (χ0v) is 12.7. The largest absolute Gasteiger partial charge is 0.384 e. The Morgan fingerprint density at radius 3 is 2.21 bits per heavy atom. The zero-order chi connectivity index (χ0) is 15.1. The van der Waals surface area contributed by atoms with Gasteiger partial charge < -0.3 is 10.1 Å². The Hall–Kier alpha value is -0.710. The normalized spacial score (nSPS) is 19.3. The van der Waals surface area contributed by atoms with Gasteiger partial charge in [-0.05, 0) is 26.7 Å². The number of carbonyl (C=O) groups is 1. The van der Waals surface area contributed by atoms with E-state index in [1.807, 2.05) is 13.8 Å². The molecule has 0 aromatic heterocycles. The Morgan fingerprint density at radius 1 is 1.32 bits per heavy atom. The van der Waals surface area contributed by atoms with Gasteiger partial charge in [-0.25, -0.2) is 8.78 Å². The predicted molar refractivity (Wildman–Crippen MR) is 72.4 cm³/mol. The lowest BCUT2D eigenvalue weighted by Gasteiger charge is -2.31. The summed E-state index contributed by atoms with van der Waals surface area (Å²) >= 11 is 0. The van der Waals surface area contributed by atoms with Crippen LogP contribution < -0.4 is 5.32 Å². The summed E-state index contributed by atoms with van der Waals surface area (Å²) in [6.45, 7) is 7.88. The number of carbonyl (C=O) groups excluding carboxylic acids is 1. The van der Waals surface area contributed by atoms with Gasteiger partial charge in [0.15, 0.2) is 0 Å². The highest BCUT2D eigenvalue weighted by Gasteiger charge is 2.37. The van der Waals surface area contributed by atoms with E-state index in [9.17, 15) is 13.6 Å². The number of ether oxygens (including phenoxy) is 1. The summed E-state index contributed by atoms with van der Waals surface area (Å²) in [7, 11) is 1.54. The molecular weight excluding hydrogens is 252 g/mol. The molecule has 1 N–H and O–H groups in total. The molecular formula is C14H27F2NO2. The fourth-order valence-corrected chi connectivity index (χ4v) is 1.99. The average Bonchev–Trinajstić information content (AvgIpc) is 2.34. The van der Waals surface area contributed by atoms with Crippen molar-refractivity contribution in [2.75, 3.05) is 13.7 Å². The monoisotopic (exact) mass is 279 g/mol. The van der Waals surface area contributed by atoms with Crippen molar-refractivity contribution >= 4 is 5.91 Å². The zero-order valence-electron chi connectivity index (χ0n) is 12.7. The van der Waals surface area contributed by atoms with E-state index < -0.39 is 11.3 Å². The minimum absolute atomic E-state index is 0.127. The first-order valence-electron chi connectivity index (χ1n) is 6.94. The molecule has 0 aromatic carbocycles. The number of hydrogen-bond acceptors (Lipinski definition) is 2. The summed E-state index contributed by atoms with van der Waals surface area (Å²) in [4.78, 5) is 11.9. The summed E-state index contributed by atoms with van der Waals surface area (Å²) < 4.78 is 30.8. The number of methoxy groups -OCH3 is 1. The van der Waals surface area contributed by atoms with Crippen LogP contribution in [0.15, 0.2) is 0 Å². The van der Waals surface area contributed by atoms with Gasteiger partial charge in [0.25, 0.3) is 0 Å². The van der Waals surface area contributed by atoms with Crippen molar-refractivity contribution in [3.05, 3.63) is 0 Å². The molecule has 1 fully saturated rings. The number of halogens is 2. The van der Waals surface area contributed by atoms with Crippen molar-refractivity contribution in [3.8, 4) is 0 Å². The molecule has 0 atom stereocenters. The summed E-state index contributed by atoms with van der Waals surface area (Å²) in [6.07, 6.45) is 0.426. The van der Waals surface area contributed by atoms with Gasteiger partial charge in [0.05, 0.1) is 12.0 Å². The van der Waals surface area contributed by atoms with E-state index >= 15 is 0 Å². The Morgan fingerprint density at radius 2 is 1.79 bits per heavy atom. The van der Waals surface area contributed by atoms with Crippen LogP contribution in [0.25, 0.3) is 0 Å². The van der Waals surface area contributed by atoms with Crippen LogP contribution in [0.5, 0.6) is 0 Å². The van der Waals surface area contributed by atoms with E-state index in [1.54, 1.807) is 13.8 Å². The van der Waals surface area contributed by atoms with Crippen molar-refractivity contribution in [2.45, 2.75) is 65.3 Å². The first kappa shape index (κ1) is 18.3. The van der Waals surface area contributed by atoms with E-state index in [1.165, 1.54) is 7.11 Å². The molecule has 0 aliphatic heterocycles. The molecule has 0 heterocycles. The van der Waals surface area contributed by atoms with Crippen molar-refractivity contribution in [2.24, 2.45) is 5.41 Å². The molecule has 5 heteroatoms. The highest BCUT2D eigenvalue weighted by molar-refractivity contribution is 5.82. The molecule has 0 bridgehead atoms. The van der Waals surface area contributed by atoms with Crippen LogP contribution in [0, 0.1) is 5.41 Å². The van der Waals surface area contributed by atoms with E-state index in [0.29, 0.717) is 19.4 Å². The van der Waals surface area contributed by atoms with E-state index in [2.05, 4.69) is 5.32 Å². The van der Waals surface area contributed by atoms with Crippen LogP contribution in [-0.2, 0) is 9.53 Å². The van der Waals surface area contributed by atoms with Gasteiger partial charge in [-0.15, -0.1) is 0 Å². The predicted octanol–water partition coefficient (Wildman–Crippen LogP) is 3.38. The third-order valence-electron chi connectivity index (χ3n) is 3.17. The maximum atomic E-state index is 12.9. The summed E-state index contributed by atoms with van der Waals surface area (Å²) in [6, 6.07) is -0.127. The van der Waals surface area contributed by atoms with Gasteiger partial charge >= 0.3 is 0 Å². The Balaban J connectivity index is 0.00000154. The molecule has 1 rings (SSSR count). The first-order valence-corrected chi connectivity index (χ1v) is 6.94. The fourth-order valence-electron chi connectivity index (χ4n) is 1.99. The van der Waals surface area contributed by atoms with Gasteiger partial charge in [-0.3, -0.25) is 4.79 Å². The second kappa shape index (κ2) is 7.78. The number of amides is 1. The van der Waals surface area contributed by atoms with Gasteiger partial charge in [-0.2, -0.15) is 0 Å². The number of hydrogen-bond donors (Lipinski definition) is 1. The lowest BCUT2D eigenvalue weighted by Crippen LogP contribution is -2.47. The third kappa shape index (κ3) is 6.32. The lowest BCUT2D eigenvalue weighted by molar-refractivity contribution is -0.133. The Kier molecular flexibility index (Phi) is 7.49. The molecule has 0 unspecified atom stereocenters. The highest BCUT2D eigenvalue weighted by atomic mass is 19.3. The van der Waals surface area contributed by atoms with Crippen LogP contribution in [0.4, 0.5) is 8.78 Å². The van der Waals surface area contributed by atoms with Crippen molar-refractivity contribution in [1.29, 1.82) is 0 Å². The minimum Gasteiger partial charge on any atom is -0.384 e. The second-order valence-electron chi connectivity index (χ2n) is 5.42. The molecule has 1 aliphatic carbocycles. The molecule has 0 spiro atoms. The number of alkyl halides is 2. The molecule has 3 nitrogen and oxygen atoms in total. The van der Waals surface area contributed by atoms with Crippen LogP contribution >= 0.6 is 0 Å². The smallest absolute Gasteiger partial charge is 0.248 e. The molecule has 1 saturated carbocycles.